The van der Waals surface area contributed by atoms with Gasteiger partial charge in [0, 0.05) is 25.3 Å². The second-order valence-electron chi connectivity index (χ2n) is 7.21. The molecule has 2 heterocycles. The third kappa shape index (κ3) is 4.59. The molecule has 6 heteroatoms. The zero-order valence-corrected chi connectivity index (χ0v) is 17.1. The number of carbonyl (C=O) groups excluding carboxylic acids is 1. The average molecular weight is 406 g/mol. The number of furan rings is 1. The van der Waals surface area contributed by atoms with Gasteiger partial charge in [0.15, 0.2) is 17.3 Å². The predicted octanol–water partition coefficient (Wildman–Crippen LogP) is 4.40. The Kier molecular flexibility index (Phi) is 6.23. The van der Waals surface area contributed by atoms with E-state index in [1.54, 1.807) is 19.2 Å². The molecular formula is C24H26N2O4. The Morgan fingerprint density at radius 2 is 1.73 bits per heavy atom. The van der Waals surface area contributed by atoms with Crippen molar-refractivity contribution in [1.82, 2.24) is 5.32 Å². The first-order valence-electron chi connectivity index (χ1n) is 10.2. The first kappa shape index (κ1) is 19.9. The fourth-order valence-corrected chi connectivity index (χ4v) is 3.65. The molecule has 6 nitrogen and oxygen atoms in total. The second-order valence-corrected chi connectivity index (χ2v) is 7.21. The molecule has 0 atom stereocenters. The van der Waals surface area contributed by atoms with Crippen LogP contribution in [0, 0.1) is 0 Å². The third-order valence-corrected chi connectivity index (χ3v) is 5.20. The molecule has 1 aliphatic rings. The van der Waals surface area contributed by atoms with E-state index in [2.05, 4.69) is 22.3 Å². The van der Waals surface area contributed by atoms with E-state index in [4.69, 9.17) is 13.9 Å². The molecule has 1 amide bonds. The number of hydrogen-bond acceptors (Lipinski definition) is 5. The number of ether oxygens (including phenoxy) is 2. The summed E-state index contributed by atoms with van der Waals surface area (Å²) in [5, 5.41) is 2.96. The lowest BCUT2D eigenvalue weighted by Crippen LogP contribution is -2.25. The molecule has 1 aromatic heterocycles. The maximum atomic E-state index is 12.6. The molecule has 1 N–H and O–H groups in total. The van der Waals surface area contributed by atoms with Crippen LogP contribution in [-0.2, 0) is 13.2 Å². The maximum Gasteiger partial charge on any atom is 0.287 e. The minimum atomic E-state index is -0.241. The molecule has 156 valence electrons. The number of amides is 1. The Morgan fingerprint density at radius 1 is 1.00 bits per heavy atom. The van der Waals surface area contributed by atoms with Gasteiger partial charge in [0.25, 0.3) is 5.91 Å². The molecule has 0 saturated carbocycles. The highest BCUT2D eigenvalue weighted by Gasteiger charge is 2.17. The van der Waals surface area contributed by atoms with Gasteiger partial charge < -0.3 is 24.1 Å². The molecule has 3 aromatic rings. The molecule has 0 unspecified atom stereocenters. The second kappa shape index (κ2) is 9.39. The SMILES string of the molecule is COc1ccccc1OCc1ccc(C(=O)NCc2ccccc2N2CCCC2)o1. The Labute approximate surface area is 176 Å². The van der Waals surface area contributed by atoms with Crippen LogP contribution in [0.4, 0.5) is 5.69 Å². The Morgan fingerprint density at radius 3 is 2.53 bits per heavy atom. The van der Waals surface area contributed by atoms with Crippen LogP contribution in [0.2, 0.25) is 0 Å². The van der Waals surface area contributed by atoms with E-state index in [1.165, 1.54) is 18.5 Å². The van der Waals surface area contributed by atoms with E-state index in [1.807, 2.05) is 36.4 Å². The summed E-state index contributed by atoms with van der Waals surface area (Å²) >= 11 is 0. The van der Waals surface area contributed by atoms with Gasteiger partial charge in [-0.25, -0.2) is 0 Å². The minimum absolute atomic E-state index is 0.214. The van der Waals surface area contributed by atoms with Gasteiger partial charge in [-0.1, -0.05) is 30.3 Å². The summed E-state index contributed by atoms with van der Waals surface area (Å²) in [5.74, 6) is 1.88. The van der Waals surface area contributed by atoms with Crippen LogP contribution in [0.5, 0.6) is 11.5 Å². The number of nitrogens with zero attached hydrogens (tertiary/aromatic N) is 1. The lowest BCUT2D eigenvalue weighted by Gasteiger charge is -2.21. The zero-order chi connectivity index (χ0) is 20.8. The highest BCUT2D eigenvalue weighted by molar-refractivity contribution is 5.91. The van der Waals surface area contributed by atoms with Crippen molar-refractivity contribution in [3.63, 3.8) is 0 Å². The summed E-state index contributed by atoms with van der Waals surface area (Å²) in [6.45, 7) is 2.81. The van der Waals surface area contributed by atoms with E-state index in [0.29, 0.717) is 23.8 Å². The minimum Gasteiger partial charge on any atom is -0.493 e. The van der Waals surface area contributed by atoms with Gasteiger partial charge in [-0.2, -0.15) is 0 Å². The van der Waals surface area contributed by atoms with Crippen LogP contribution in [0.15, 0.2) is 65.1 Å². The Balaban J connectivity index is 1.35. The van der Waals surface area contributed by atoms with Gasteiger partial charge in [-0.05, 0) is 48.7 Å². The number of para-hydroxylation sites is 3. The number of methoxy groups -OCH3 is 1. The van der Waals surface area contributed by atoms with Crippen molar-refractivity contribution in [1.29, 1.82) is 0 Å². The average Bonchev–Trinajstić information content (AvgIpc) is 3.49. The Bertz CT molecular complexity index is 992. The van der Waals surface area contributed by atoms with Crippen LogP contribution < -0.4 is 19.7 Å². The van der Waals surface area contributed by atoms with Crippen molar-refractivity contribution in [2.45, 2.75) is 26.0 Å². The van der Waals surface area contributed by atoms with Gasteiger partial charge in [-0.3, -0.25) is 4.79 Å². The van der Waals surface area contributed by atoms with Crippen molar-refractivity contribution >= 4 is 11.6 Å². The molecule has 2 aromatic carbocycles. The van der Waals surface area contributed by atoms with Gasteiger partial charge in [-0.15, -0.1) is 0 Å². The highest BCUT2D eigenvalue weighted by Crippen LogP contribution is 2.27. The molecule has 1 aliphatic heterocycles. The summed E-state index contributed by atoms with van der Waals surface area (Å²) in [7, 11) is 1.60. The van der Waals surface area contributed by atoms with Gasteiger partial charge in [0.05, 0.1) is 7.11 Å². The smallest absolute Gasteiger partial charge is 0.287 e. The van der Waals surface area contributed by atoms with Crippen molar-refractivity contribution in [2.24, 2.45) is 0 Å². The fourth-order valence-electron chi connectivity index (χ4n) is 3.65. The van der Waals surface area contributed by atoms with Crippen molar-refractivity contribution in [3.05, 3.63) is 77.7 Å². The number of benzene rings is 2. The van der Waals surface area contributed by atoms with Crippen LogP contribution >= 0.6 is 0 Å². The van der Waals surface area contributed by atoms with E-state index < -0.39 is 0 Å². The van der Waals surface area contributed by atoms with E-state index >= 15 is 0 Å². The first-order chi connectivity index (χ1) is 14.7. The number of rotatable bonds is 8. The molecule has 1 saturated heterocycles. The third-order valence-electron chi connectivity index (χ3n) is 5.20. The lowest BCUT2D eigenvalue weighted by molar-refractivity contribution is 0.0919. The van der Waals surface area contributed by atoms with Gasteiger partial charge >= 0.3 is 0 Å². The van der Waals surface area contributed by atoms with Gasteiger partial charge in [0.2, 0.25) is 0 Å². The number of anilines is 1. The highest BCUT2D eigenvalue weighted by atomic mass is 16.5. The van der Waals surface area contributed by atoms with Crippen LogP contribution in [0.1, 0.15) is 34.7 Å². The molecule has 4 rings (SSSR count). The number of hydrogen-bond donors (Lipinski definition) is 1. The summed E-state index contributed by atoms with van der Waals surface area (Å²) in [6, 6.07) is 19.0. The Hall–Kier alpha value is -3.41. The molecular weight excluding hydrogens is 380 g/mol. The number of carbonyl (C=O) groups is 1. The van der Waals surface area contributed by atoms with E-state index in [0.717, 1.165) is 18.7 Å². The molecule has 1 fully saturated rings. The van der Waals surface area contributed by atoms with Crippen molar-refractivity contribution in [2.75, 3.05) is 25.1 Å². The zero-order valence-electron chi connectivity index (χ0n) is 17.1. The fraction of sp³-hybridized carbons (Fsp3) is 0.292. The summed E-state index contributed by atoms with van der Waals surface area (Å²) in [5.41, 5.74) is 2.31. The van der Waals surface area contributed by atoms with E-state index in [-0.39, 0.29) is 18.3 Å². The molecule has 30 heavy (non-hydrogen) atoms. The molecule has 0 spiro atoms. The lowest BCUT2D eigenvalue weighted by atomic mass is 10.1. The van der Waals surface area contributed by atoms with Crippen LogP contribution in [-0.4, -0.2) is 26.1 Å². The van der Waals surface area contributed by atoms with Crippen molar-refractivity contribution < 1.29 is 18.7 Å². The summed E-state index contributed by atoms with van der Waals surface area (Å²) in [6.07, 6.45) is 2.43. The maximum absolute atomic E-state index is 12.6. The van der Waals surface area contributed by atoms with Crippen molar-refractivity contribution in [3.8, 4) is 11.5 Å². The molecule has 0 bridgehead atoms. The monoisotopic (exact) mass is 406 g/mol. The number of nitrogens with one attached hydrogen (secondary N) is 1. The molecule has 0 aliphatic carbocycles. The largest absolute Gasteiger partial charge is 0.493 e. The predicted molar refractivity (Wildman–Crippen MR) is 115 cm³/mol. The van der Waals surface area contributed by atoms with E-state index in [9.17, 15) is 4.79 Å². The molecule has 0 radical (unpaired) electrons. The quantitative estimate of drug-likeness (QED) is 0.601. The summed E-state index contributed by atoms with van der Waals surface area (Å²) in [4.78, 5) is 14.9. The first-order valence-corrected chi connectivity index (χ1v) is 10.2. The van der Waals surface area contributed by atoms with Crippen LogP contribution in [0.25, 0.3) is 0 Å². The normalized spacial score (nSPS) is 13.3. The van der Waals surface area contributed by atoms with Crippen LogP contribution in [0.3, 0.4) is 0 Å². The van der Waals surface area contributed by atoms with Gasteiger partial charge in [0.1, 0.15) is 12.4 Å². The summed E-state index contributed by atoms with van der Waals surface area (Å²) < 4.78 is 16.7. The topological polar surface area (TPSA) is 63.9 Å². The standard InChI is InChI=1S/C24H26N2O4/c1-28-21-10-4-5-11-22(21)29-17-19-12-13-23(30-19)24(27)25-16-18-8-2-3-9-20(18)26-14-6-7-15-26/h2-5,8-13H,6-7,14-17H2,1H3,(H,25,27).